The van der Waals surface area contributed by atoms with Crippen molar-refractivity contribution < 1.29 is 13.2 Å². The summed E-state index contributed by atoms with van der Waals surface area (Å²) in [5.74, 6) is -0.453. The second-order valence-electron chi connectivity index (χ2n) is 5.97. The number of aryl methyl sites for hydroxylation is 4. The van der Waals surface area contributed by atoms with Gasteiger partial charge in [0.1, 0.15) is 4.90 Å². The Bertz CT molecular complexity index is 897. The molecule has 0 aliphatic rings. The molecule has 2 N–H and O–H groups in total. The van der Waals surface area contributed by atoms with Crippen LogP contribution < -0.4 is 10.0 Å². The molecule has 2 aromatic rings. The van der Waals surface area contributed by atoms with Crippen LogP contribution in [0.5, 0.6) is 0 Å². The number of hydrogen-bond acceptors (Lipinski definition) is 5. The van der Waals surface area contributed by atoms with Gasteiger partial charge in [-0.3, -0.25) is 14.2 Å². The number of hydrogen-bond donors (Lipinski definition) is 2. The van der Waals surface area contributed by atoms with Gasteiger partial charge in [0.2, 0.25) is 15.9 Å². The average Bonchev–Trinajstić information content (AvgIpc) is 2.97. The van der Waals surface area contributed by atoms with E-state index in [1.807, 2.05) is 6.92 Å². The predicted molar refractivity (Wildman–Crippen MR) is 93.7 cm³/mol. The van der Waals surface area contributed by atoms with Crippen molar-refractivity contribution in [3.05, 3.63) is 23.3 Å². The Kier molecular flexibility index (Phi) is 5.33. The topological polar surface area (TPSA) is 111 Å². The zero-order valence-electron chi connectivity index (χ0n) is 15.3. The molecule has 25 heavy (non-hydrogen) atoms. The van der Waals surface area contributed by atoms with Crippen LogP contribution in [0.3, 0.4) is 0 Å². The molecule has 2 aromatic heterocycles. The van der Waals surface area contributed by atoms with E-state index in [9.17, 15) is 13.2 Å². The van der Waals surface area contributed by atoms with E-state index < -0.39 is 22.0 Å². The van der Waals surface area contributed by atoms with Crippen LogP contribution in [0.1, 0.15) is 30.9 Å². The number of anilines is 1. The molecule has 0 spiro atoms. The molecule has 0 aliphatic carbocycles. The van der Waals surface area contributed by atoms with E-state index >= 15 is 0 Å². The largest absolute Gasteiger partial charge is 0.322 e. The fraction of sp³-hybridized carbons (Fsp3) is 0.533. The molecular formula is C15H24N6O3S. The summed E-state index contributed by atoms with van der Waals surface area (Å²) < 4.78 is 30.8. The first-order valence-electron chi connectivity index (χ1n) is 7.92. The normalized spacial score (nSPS) is 13.0. The summed E-state index contributed by atoms with van der Waals surface area (Å²) in [6, 6.07) is -0.950. The Morgan fingerprint density at radius 1 is 1.28 bits per heavy atom. The van der Waals surface area contributed by atoms with Crippen molar-refractivity contribution in [3.8, 4) is 0 Å². The van der Waals surface area contributed by atoms with Gasteiger partial charge in [0.05, 0.1) is 28.8 Å². The first-order chi connectivity index (χ1) is 11.6. The Hall–Kier alpha value is -2.20. The van der Waals surface area contributed by atoms with Gasteiger partial charge in [0.25, 0.3) is 0 Å². The van der Waals surface area contributed by atoms with E-state index in [0.29, 0.717) is 23.5 Å². The molecule has 138 valence electrons. The van der Waals surface area contributed by atoms with Crippen LogP contribution in [0.25, 0.3) is 0 Å². The smallest absolute Gasteiger partial charge is 0.244 e. The summed E-state index contributed by atoms with van der Waals surface area (Å²) in [4.78, 5) is 12.5. The minimum Gasteiger partial charge on any atom is -0.322 e. The number of amides is 1. The summed E-state index contributed by atoms with van der Waals surface area (Å²) in [7, 11) is -0.431. The molecule has 0 saturated carbocycles. The number of carbonyl (C=O) groups is 1. The first kappa shape index (κ1) is 19.1. The predicted octanol–water partition coefficient (Wildman–Crippen LogP) is 0.638. The molecular weight excluding hydrogens is 344 g/mol. The van der Waals surface area contributed by atoms with E-state index in [4.69, 9.17) is 0 Å². The van der Waals surface area contributed by atoms with E-state index in [2.05, 4.69) is 20.2 Å². The second kappa shape index (κ2) is 6.96. The molecule has 0 unspecified atom stereocenters. The lowest BCUT2D eigenvalue weighted by atomic mass is 10.2. The van der Waals surface area contributed by atoms with Gasteiger partial charge >= 0.3 is 0 Å². The van der Waals surface area contributed by atoms with Crippen LogP contribution >= 0.6 is 0 Å². The molecule has 0 bridgehead atoms. The lowest BCUT2D eigenvalue weighted by molar-refractivity contribution is -0.117. The summed E-state index contributed by atoms with van der Waals surface area (Å²) in [6.07, 6.45) is 2.35. The van der Waals surface area contributed by atoms with Gasteiger partial charge in [-0.1, -0.05) is 6.92 Å². The number of nitrogens with one attached hydrogen (secondary N) is 2. The third kappa shape index (κ3) is 3.90. The Labute approximate surface area is 147 Å². The Morgan fingerprint density at radius 2 is 1.92 bits per heavy atom. The van der Waals surface area contributed by atoms with E-state index in [1.165, 1.54) is 11.6 Å². The molecule has 2 heterocycles. The molecule has 9 nitrogen and oxygen atoms in total. The molecule has 0 radical (unpaired) electrons. The van der Waals surface area contributed by atoms with E-state index in [-0.39, 0.29) is 4.90 Å². The third-order valence-corrected chi connectivity index (χ3v) is 5.73. The number of aromatic nitrogens is 4. The monoisotopic (exact) mass is 368 g/mol. The van der Waals surface area contributed by atoms with Gasteiger partial charge < -0.3 is 5.32 Å². The number of carbonyl (C=O) groups excluding carboxylic acids is 1. The fourth-order valence-electron chi connectivity index (χ4n) is 2.63. The van der Waals surface area contributed by atoms with Crippen molar-refractivity contribution >= 4 is 21.6 Å². The molecule has 0 aliphatic heterocycles. The highest BCUT2D eigenvalue weighted by atomic mass is 32.2. The quantitative estimate of drug-likeness (QED) is 0.777. The molecule has 2 rings (SSSR count). The van der Waals surface area contributed by atoms with Crippen LogP contribution in [0.4, 0.5) is 5.69 Å². The summed E-state index contributed by atoms with van der Waals surface area (Å²) in [6.45, 7) is 6.71. The lowest BCUT2D eigenvalue weighted by Crippen LogP contribution is -2.41. The van der Waals surface area contributed by atoms with Crippen molar-refractivity contribution in [1.29, 1.82) is 0 Å². The van der Waals surface area contributed by atoms with Crippen molar-refractivity contribution in [3.63, 3.8) is 0 Å². The van der Waals surface area contributed by atoms with Gasteiger partial charge in [-0.05, 0) is 27.2 Å². The minimum absolute atomic E-state index is 0.102. The average molecular weight is 368 g/mol. The summed E-state index contributed by atoms with van der Waals surface area (Å²) in [5.41, 5.74) is 2.22. The summed E-state index contributed by atoms with van der Waals surface area (Å²) in [5, 5.41) is 11.1. The highest BCUT2D eigenvalue weighted by Crippen LogP contribution is 2.19. The van der Waals surface area contributed by atoms with Crippen LogP contribution in [0, 0.1) is 13.8 Å². The van der Waals surface area contributed by atoms with Crippen molar-refractivity contribution in [2.75, 3.05) is 5.32 Å². The maximum absolute atomic E-state index is 12.6. The van der Waals surface area contributed by atoms with Gasteiger partial charge in [0.15, 0.2) is 0 Å². The van der Waals surface area contributed by atoms with Crippen molar-refractivity contribution in [2.24, 2.45) is 14.1 Å². The maximum Gasteiger partial charge on any atom is 0.244 e. The number of rotatable bonds is 6. The minimum atomic E-state index is -3.86. The summed E-state index contributed by atoms with van der Waals surface area (Å²) >= 11 is 0. The first-order valence-corrected chi connectivity index (χ1v) is 9.41. The third-order valence-electron chi connectivity index (χ3n) is 3.93. The van der Waals surface area contributed by atoms with Gasteiger partial charge in [-0.15, -0.1) is 0 Å². The van der Waals surface area contributed by atoms with Crippen LogP contribution in [-0.2, 0) is 35.3 Å². The maximum atomic E-state index is 12.6. The van der Waals surface area contributed by atoms with Gasteiger partial charge in [-0.2, -0.15) is 14.9 Å². The standard InChI is InChI=1S/C15H24N6O3S/c1-7-12-13(8-20(5)18-12)16-15(22)10(3)19-25(23,24)14-9(2)17-21(6)11(14)4/h8,10,19H,7H2,1-6H3,(H,16,22)/t10-/m0/s1. The van der Waals surface area contributed by atoms with E-state index in [1.54, 1.807) is 38.8 Å². The van der Waals surface area contributed by atoms with Crippen LogP contribution in [0.2, 0.25) is 0 Å². The van der Waals surface area contributed by atoms with Crippen LogP contribution in [0.15, 0.2) is 11.1 Å². The van der Waals surface area contributed by atoms with E-state index in [0.717, 1.165) is 5.69 Å². The number of nitrogens with zero attached hydrogens (tertiary/aromatic N) is 4. The second-order valence-corrected chi connectivity index (χ2v) is 7.62. The zero-order chi connectivity index (χ0) is 18.9. The lowest BCUT2D eigenvalue weighted by Gasteiger charge is -2.14. The molecule has 0 fully saturated rings. The Morgan fingerprint density at radius 3 is 2.44 bits per heavy atom. The molecule has 0 aromatic carbocycles. The molecule has 1 amide bonds. The molecule has 1 atom stereocenters. The molecule has 10 heteroatoms. The van der Waals surface area contributed by atoms with Crippen LogP contribution in [-0.4, -0.2) is 39.9 Å². The Balaban J connectivity index is 2.17. The van der Waals surface area contributed by atoms with Crippen molar-refractivity contribution in [2.45, 2.75) is 45.1 Å². The van der Waals surface area contributed by atoms with Crippen molar-refractivity contribution in [1.82, 2.24) is 24.3 Å². The highest BCUT2D eigenvalue weighted by Gasteiger charge is 2.28. The number of sulfonamides is 1. The van der Waals surface area contributed by atoms with Gasteiger partial charge in [-0.25, -0.2) is 8.42 Å². The highest BCUT2D eigenvalue weighted by molar-refractivity contribution is 7.89. The fourth-order valence-corrected chi connectivity index (χ4v) is 4.27. The molecule has 0 saturated heterocycles. The SMILES string of the molecule is CCc1nn(C)cc1NC(=O)[C@H](C)NS(=O)(=O)c1c(C)nn(C)c1C. The zero-order valence-corrected chi connectivity index (χ0v) is 16.1. The van der Waals surface area contributed by atoms with Gasteiger partial charge in [0, 0.05) is 20.3 Å².